The van der Waals surface area contributed by atoms with Crippen LogP contribution in [0.1, 0.15) is 31.2 Å². The molecule has 2 nitrogen and oxygen atoms in total. The summed E-state index contributed by atoms with van der Waals surface area (Å²) in [4.78, 5) is 5.10. The maximum absolute atomic E-state index is 8.16. The summed E-state index contributed by atoms with van der Waals surface area (Å²) in [5, 5.41) is 0.501. The van der Waals surface area contributed by atoms with E-state index < -0.39 is 0 Å². The molecule has 2 heteroatoms. The molecule has 1 aromatic heterocycles. The van der Waals surface area contributed by atoms with Crippen LogP contribution in [-0.4, -0.2) is 30.0 Å². The van der Waals surface area contributed by atoms with E-state index in [2.05, 4.69) is 16.9 Å². The fourth-order valence-corrected chi connectivity index (χ4v) is 2.40. The van der Waals surface area contributed by atoms with Crippen LogP contribution >= 0.6 is 0 Å². The van der Waals surface area contributed by atoms with Gasteiger partial charge in [-0.15, -0.1) is 0 Å². The largest absolute Gasteiger partial charge is 0.361 e. The van der Waals surface area contributed by atoms with Gasteiger partial charge in [-0.3, -0.25) is 0 Å². The summed E-state index contributed by atoms with van der Waals surface area (Å²) in [6.07, 6.45) is 2.06. The molecule has 16 heavy (non-hydrogen) atoms. The van der Waals surface area contributed by atoms with Crippen LogP contribution in [0.5, 0.6) is 0 Å². The molecule has 0 aliphatic carbocycles. The summed E-state index contributed by atoms with van der Waals surface area (Å²) < 4.78 is 39.8. The van der Waals surface area contributed by atoms with Crippen LogP contribution in [0.2, 0.25) is 0 Å². The summed E-state index contributed by atoms with van der Waals surface area (Å²) in [5.74, 6) is 0.182. The Morgan fingerprint density at radius 1 is 1.31 bits per heavy atom. The second kappa shape index (κ2) is 3.95. The van der Waals surface area contributed by atoms with Crippen LogP contribution in [-0.2, 0) is 0 Å². The number of benzene rings is 1. The van der Waals surface area contributed by atoms with Gasteiger partial charge in [-0.2, -0.15) is 0 Å². The average molecular weight is 219 g/mol. The van der Waals surface area contributed by atoms with E-state index in [1.54, 1.807) is 0 Å². The Morgan fingerprint density at radius 3 is 2.88 bits per heavy atom. The van der Waals surface area contributed by atoms with Crippen molar-refractivity contribution in [3.05, 3.63) is 35.9 Å². The smallest absolute Gasteiger partial charge is 0.0819 e. The van der Waals surface area contributed by atoms with Gasteiger partial charge in [0.25, 0.3) is 0 Å². The molecule has 3 rings (SSSR count). The first-order valence-electron chi connectivity index (χ1n) is 8.18. The first-order valence-corrected chi connectivity index (χ1v) is 5.68. The lowest BCUT2D eigenvalue weighted by atomic mass is 9.89. The molecule has 0 saturated carbocycles. The molecule has 1 N–H and O–H groups in total. The second-order valence-corrected chi connectivity index (χ2v) is 4.49. The molecular weight excluding hydrogens is 196 g/mol. The number of nitrogens with zero attached hydrogens (tertiary/aromatic N) is 1. The second-order valence-electron chi connectivity index (χ2n) is 4.49. The van der Waals surface area contributed by atoms with Crippen LogP contribution in [0, 0.1) is 0 Å². The molecule has 84 valence electrons. The van der Waals surface area contributed by atoms with Crippen LogP contribution in [0.3, 0.4) is 0 Å². The van der Waals surface area contributed by atoms with E-state index in [1.165, 1.54) is 0 Å². The molecule has 0 atom stereocenters. The van der Waals surface area contributed by atoms with Gasteiger partial charge in [0.05, 0.1) is 6.85 Å². The number of rotatable bonds is 1. The van der Waals surface area contributed by atoms with Gasteiger partial charge in [0, 0.05) is 17.1 Å². The maximum atomic E-state index is 8.16. The lowest BCUT2D eigenvalue weighted by Crippen LogP contribution is -2.29. The average Bonchev–Trinajstić information content (AvgIpc) is 2.81. The quantitative estimate of drug-likeness (QED) is 0.781. The molecule has 0 amide bonds. The highest BCUT2D eigenvalue weighted by Gasteiger charge is 2.20. The lowest BCUT2D eigenvalue weighted by Gasteiger charge is -2.28. The minimum absolute atomic E-state index is 0.0327. The fraction of sp³-hybridized carbons (Fsp3) is 0.429. The number of aromatic nitrogens is 1. The van der Waals surface area contributed by atoms with Gasteiger partial charge in [-0.25, -0.2) is 0 Å². The summed E-state index contributed by atoms with van der Waals surface area (Å²) in [6.45, 7) is 1.89. The van der Waals surface area contributed by atoms with E-state index >= 15 is 0 Å². The first kappa shape index (κ1) is 5.87. The summed E-state index contributed by atoms with van der Waals surface area (Å²) in [5.41, 5.74) is 1.12. The van der Waals surface area contributed by atoms with Crippen LogP contribution in [0.25, 0.3) is 10.9 Å². The highest BCUT2D eigenvalue weighted by Crippen LogP contribution is 2.32. The number of hydrogen-bond donors (Lipinski definition) is 1. The molecule has 1 fully saturated rings. The normalized spacial score (nSPS) is 23.7. The monoisotopic (exact) mass is 219 g/mol. The molecule has 1 aliphatic rings. The van der Waals surface area contributed by atoms with Gasteiger partial charge in [-0.1, -0.05) is 18.1 Å². The molecule has 2 aromatic rings. The molecule has 1 aromatic carbocycles. The molecule has 0 radical (unpaired) electrons. The van der Waals surface area contributed by atoms with Gasteiger partial charge < -0.3 is 9.88 Å². The minimum Gasteiger partial charge on any atom is -0.361 e. The highest BCUT2D eigenvalue weighted by molar-refractivity contribution is 5.83. The van der Waals surface area contributed by atoms with Crippen molar-refractivity contribution < 1.29 is 6.85 Å². The zero-order chi connectivity index (χ0) is 15.3. The number of para-hydroxylation sites is 1. The third-order valence-corrected chi connectivity index (χ3v) is 3.41. The Kier molecular flexibility index (Phi) is 1.45. The Hall–Kier alpha value is -1.28. The van der Waals surface area contributed by atoms with Crippen molar-refractivity contribution >= 4 is 10.9 Å². The van der Waals surface area contributed by atoms with E-state index in [1.807, 2.05) is 0 Å². The first-order chi connectivity index (χ1) is 9.91. The van der Waals surface area contributed by atoms with Crippen molar-refractivity contribution in [3.8, 4) is 0 Å². The highest BCUT2D eigenvalue weighted by atomic mass is 15.1. The number of nitrogens with one attached hydrogen (secondary N) is 1. The number of H-pyrrole nitrogens is 1. The number of likely N-dealkylation sites (tertiary alicyclic amines) is 1. The van der Waals surface area contributed by atoms with E-state index in [9.17, 15) is 0 Å². The Morgan fingerprint density at radius 2 is 2.06 bits per heavy atom. The topological polar surface area (TPSA) is 19.0 Å². The molecule has 0 unspecified atom stereocenters. The van der Waals surface area contributed by atoms with Crippen LogP contribution in [0.15, 0.2) is 30.3 Å². The Labute approximate surface area is 103 Å². The maximum Gasteiger partial charge on any atom is 0.0819 e. The van der Waals surface area contributed by atoms with E-state index in [0.29, 0.717) is 10.9 Å². The number of fused-ring (bicyclic) bond motifs is 1. The van der Waals surface area contributed by atoms with Crippen LogP contribution < -0.4 is 0 Å². The summed E-state index contributed by atoms with van der Waals surface area (Å²) >= 11 is 0. The van der Waals surface area contributed by atoms with Crippen molar-refractivity contribution in [1.29, 1.82) is 0 Å². The van der Waals surface area contributed by atoms with Crippen molar-refractivity contribution in [2.75, 3.05) is 20.1 Å². The zero-order valence-electron chi connectivity index (χ0n) is 14.4. The van der Waals surface area contributed by atoms with Crippen LogP contribution in [0.4, 0.5) is 0 Å². The lowest BCUT2D eigenvalue weighted by molar-refractivity contribution is 0.256. The number of piperidine rings is 1. The van der Waals surface area contributed by atoms with Gasteiger partial charge in [-0.05, 0) is 50.5 Å². The predicted molar refractivity (Wildman–Crippen MR) is 67.8 cm³/mol. The van der Waals surface area contributed by atoms with Gasteiger partial charge in [0.1, 0.15) is 0 Å². The van der Waals surface area contributed by atoms with Crippen molar-refractivity contribution in [2.24, 2.45) is 0 Å². The Bertz CT molecular complexity index is 701. The zero-order valence-corrected chi connectivity index (χ0v) is 9.35. The molecule has 0 spiro atoms. The number of hydrogen-bond acceptors (Lipinski definition) is 1. The standard InChI is InChI=1S/C14H18N2/c1-16-8-6-11(7-9-16)13-10-15-14-5-3-2-4-12(13)14/h2-5,10-11,15H,6-9H2,1H3/i2D,3D,4D,5D,10D. The third kappa shape index (κ3) is 1.63. The molecule has 1 saturated heterocycles. The molecule has 1 aliphatic heterocycles. The molecular formula is C14H18N2. The number of aromatic amines is 1. The fourth-order valence-electron chi connectivity index (χ4n) is 2.40. The summed E-state index contributed by atoms with van der Waals surface area (Å²) in [6, 6.07) is -0.585. The van der Waals surface area contributed by atoms with Gasteiger partial charge in [0.15, 0.2) is 0 Å². The van der Waals surface area contributed by atoms with Crippen molar-refractivity contribution in [2.45, 2.75) is 18.8 Å². The Balaban J connectivity index is 2.21. The molecule has 2 heterocycles. The van der Waals surface area contributed by atoms with Gasteiger partial charge >= 0.3 is 0 Å². The third-order valence-electron chi connectivity index (χ3n) is 3.41. The molecule has 0 bridgehead atoms. The van der Waals surface area contributed by atoms with Crippen molar-refractivity contribution in [1.82, 2.24) is 9.88 Å². The summed E-state index contributed by atoms with van der Waals surface area (Å²) in [7, 11) is 2.07. The van der Waals surface area contributed by atoms with E-state index in [0.717, 1.165) is 31.5 Å². The van der Waals surface area contributed by atoms with Gasteiger partial charge in [0.2, 0.25) is 0 Å². The minimum atomic E-state index is -0.247. The van der Waals surface area contributed by atoms with E-state index in [-0.39, 0.29) is 36.3 Å². The predicted octanol–water partition coefficient (Wildman–Crippen LogP) is 2.98. The van der Waals surface area contributed by atoms with E-state index in [4.69, 9.17) is 6.85 Å². The SMILES string of the molecule is [2H]c1[nH]c2c([2H])c([2H])c([2H])c([2H])c2c1C1CCN(C)CC1. The van der Waals surface area contributed by atoms with Crippen molar-refractivity contribution in [3.63, 3.8) is 0 Å².